The van der Waals surface area contributed by atoms with E-state index in [4.69, 9.17) is 9.47 Å². The summed E-state index contributed by atoms with van der Waals surface area (Å²) < 4.78 is 11.1. The van der Waals surface area contributed by atoms with E-state index in [0.29, 0.717) is 12.8 Å². The molecule has 6 nitrogen and oxygen atoms in total. The maximum Gasteiger partial charge on any atom is 0.307 e. The van der Waals surface area contributed by atoms with Crippen LogP contribution in [-0.2, 0) is 23.9 Å². The minimum atomic E-state index is -0.597. The van der Waals surface area contributed by atoms with Gasteiger partial charge in [0.25, 0.3) is 0 Å². The molecule has 0 aromatic heterocycles. The van der Waals surface area contributed by atoms with E-state index in [2.05, 4.69) is 0 Å². The van der Waals surface area contributed by atoms with E-state index < -0.39 is 23.6 Å². The van der Waals surface area contributed by atoms with Crippen LogP contribution in [0.4, 0.5) is 0 Å². The van der Waals surface area contributed by atoms with Crippen molar-refractivity contribution in [3.8, 4) is 0 Å². The number of nitrogens with zero attached hydrogens (tertiary/aromatic N) is 1. The van der Waals surface area contributed by atoms with Crippen LogP contribution in [0.2, 0.25) is 0 Å². The van der Waals surface area contributed by atoms with Crippen molar-refractivity contribution in [1.29, 1.82) is 0 Å². The Labute approximate surface area is 172 Å². The molecule has 29 heavy (non-hydrogen) atoms. The molecule has 0 radical (unpaired) electrons. The monoisotopic (exact) mass is 401 g/mol. The van der Waals surface area contributed by atoms with E-state index in [-0.39, 0.29) is 31.3 Å². The normalized spacial score (nSPS) is 21.7. The van der Waals surface area contributed by atoms with E-state index in [1.54, 1.807) is 27.8 Å². The predicted octanol–water partition coefficient (Wildman–Crippen LogP) is 3.82. The van der Waals surface area contributed by atoms with Crippen LogP contribution in [0.1, 0.15) is 58.1 Å². The van der Waals surface area contributed by atoms with E-state index >= 15 is 0 Å². The lowest BCUT2D eigenvalue weighted by Gasteiger charge is -2.28. The number of amides is 1. The van der Waals surface area contributed by atoms with Crippen molar-refractivity contribution >= 4 is 17.8 Å². The molecule has 6 heteroatoms. The summed E-state index contributed by atoms with van der Waals surface area (Å²) in [5, 5.41) is 0. The van der Waals surface area contributed by atoms with Crippen LogP contribution in [0.3, 0.4) is 0 Å². The number of ether oxygens (including phenoxy) is 2. The van der Waals surface area contributed by atoms with Gasteiger partial charge in [-0.15, -0.1) is 0 Å². The molecule has 0 fully saturated rings. The maximum absolute atomic E-state index is 13.1. The summed E-state index contributed by atoms with van der Waals surface area (Å²) in [6, 6.07) is 9.38. The van der Waals surface area contributed by atoms with Crippen LogP contribution in [0.15, 0.2) is 42.5 Å². The topological polar surface area (TPSA) is 72.9 Å². The molecule has 1 aliphatic heterocycles. The number of cyclic esters (lactones) is 1. The van der Waals surface area contributed by atoms with Gasteiger partial charge < -0.3 is 14.4 Å². The van der Waals surface area contributed by atoms with Gasteiger partial charge in [0.2, 0.25) is 5.91 Å². The Morgan fingerprint density at radius 1 is 1.17 bits per heavy atom. The third-order valence-corrected chi connectivity index (χ3v) is 4.55. The fraction of sp³-hybridized carbons (Fsp3) is 0.522. The number of carbonyl (C=O) groups is 3. The van der Waals surface area contributed by atoms with E-state index in [9.17, 15) is 14.4 Å². The Morgan fingerprint density at radius 3 is 2.52 bits per heavy atom. The van der Waals surface area contributed by atoms with Crippen molar-refractivity contribution in [1.82, 2.24) is 4.90 Å². The summed E-state index contributed by atoms with van der Waals surface area (Å²) in [7, 11) is 1.67. The fourth-order valence-electron chi connectivity index (χ4n) is 3.18. The average molecular weight is 402 g/mol. The molecule has 0 bridgehead atoms. The van der Waals surface area contributed by atoms with Crippen molar-refractivity contribution in [2.75, 3.05) is 13.6 Å². The first-order valence-corrected chi connectivity index (χ1v) is 10.0. The SMILES string of the molecule is CN1CC(c2ccccc2)OC(=O)CCC=CC[C@@H](CC(=O)OC(C)(C)C)C1=O. The van der Waals surface area contributed by atoms with Crippen molar-refractivity contribution in [2.45, 2.75) is 58.2 Å². The van der Waals surface area contributed by atoms with Gasteiger partial charge in [-0.1, -0.05) is 42.5 Å². The van der Waals surface area contributed by atoms with Gasteiger partial charge in [-0.25, -0.2) is 0 Å². The molecule has 0 spiro atoms. The molecule has 2 atom stereocenters. The second-order valence-corrected chi connectivity index (χ2v) is 8.34. The third kappa shape index (κ3) is 7.72. The van der Waals surface area contributed by atoms with E-state index in [1.807, 2.05) is 42.5 Å². The van der Waals surface area contributed by atoms with Crippen LogP contribution in [0.25, 0.3) is 0 Å². The molecule has 1 aromatic rings. The molecular formula is C23H31NO5. The average Bonchev–Trinajstić information content (AvgIpc) is 2.64. The van der Waals surface area contributed by atoms with Gasteiger partial charge in [-0.05, 0) is 39.2 Å². The van der Waals surface area contributed by atoms with Crippen LogP contribution in [0, 0.1) is 5.92 Å². The lowest BCUT2D eigenvalue weighted by atomic mass is 9.98. The summed E-state index contributed by atoms with van der Waals surface area (Å²) in [6.07, 6.45) is 4.40. The standard InChI is InChI=1S/C23H31NO5/c1-23(2,3)29-21(26)15-18-13-9-6-10-14-20(25)28-19(16-24(4)22(18)27)17-11-7-5-8-12-17/h5-9,11-12,18-19H,10,13-16H2,1-4H3/t18-,19?/m0/s1. The van der Waals surface area contributed by atoms with E-state index in [1.165, 1.54) is 4.90 Å². The van der Waals surface area contributed by atoms with Gasteiger partial charge in [-0.2, -0.15) is 0 Å². The number of allylic oxidation sites excluding steroid dienone is 2. The second-order valence-electron chi connectivity index (χ2n) is 8.34. The Balaban J connectivity index is 2.20. The molecular weight excluding hydrogens is 370 g/mol. The minimum absolute atomic E-state index is 0.0145. The zero-order valence-electron chi connectivity index (χ0n) is 17.7. The summed E-state index contributed by atoms with van der Waals surface area (Å²) in [5.74, 6) is -1.37. The Morgan fingerprint density at radius 2 is 1.86 bits per heavy atom. The van der Waals surface area contributed by atoms with Crippen molar-refractivity contribution < 1.29 is 23.9 Å². The quantitative estimate of drug-likeness (QED) is 0.569. The van der Waals surface area contributed by atoms with Crippen LogP contribution >= 0.6 is 0 Å². The molecule has 0 saturated heterocycles. The van der Waals surface area contributed by atoms with Gasteiger partial charge in [-0.3, -0.25) is 14.4 Å². The Kier molecular flexibility index (Phi) is 8.00. The molecule has 1 unspecified atom stereocenters. The Bertz CT molecular complexity index is 735. The van der Waals surface area contributed by atoms with Crippen molar-refractivity contribution in [2.24, 2.45) is 5.92 Å². The van der Waals surface area contributed by atoms with Crippen molar-refractivity contribution in [3.63, 3.8) is 0 Å². The molecule has 1 aromatic carbocycles. The first kappa shape index (κ1) is 22.7. The van der Waals surface area contributed by atoms with Crippen LogP contribution < -0.4 is 0 Å². The molecule has 0 saturated carbocycles. The van der Waals surface area contributed by atoms with Crippen LogP contribution in [0.5, 0.6) is 0 Å². The third-order valence-electron chi connectivity index (χ3n) is 4.55. The number of likely N-dealkylation sites (N-methyl/N-ethyl adjacent to an activating group) is 1. The zero-order chi connectivity index (χ0) is 21.4. The lowest BCUT2D eigenvalue weighted by Crippen LogP contribution is -2.38. The first-order chi connectivity index (χ1) is 13.7. The number of hydrogen-bond acceptors (Lipinski definition) is 5. The minimum Gasteiger partial charge on any atom is -0.460 e. The molecule has 1 amide bonds. The predicted molar refractivity (Wildman–Crippen MR) is 110 cm³/mol. The van der Waals surface area contributed by atoms with Gasteiger partial charge in [0.15, 0.2) is 0 Å². The molecule has 158 valence electrons. The molecule has 2 rings (SSSR count). The number of carbonyl (C=O) groups excluding carboxylic acids is 3. The number of hydrogen-bond donors (Lipinski definition) is 0. The highest BCUT2D eigenvalue weighted by Crippen LogP contribution is 2.23. The number of benzene rings is 1. The second kappa shape index (κ2) is 10.2. The van der Waals surface area contributed by atoms with Crippen LogP contribution in [-0.4, -0.2) is 41.9 Å². The lowest BCUT2D eigenvalue weighted by molar-refractivity contribution is -0.158. The zero-order valence-corrected chi connectivity index (χ0v) is 17.7. The maximum atomic E-state index is 13.1. The van der Waals surface area contributed by atoms with Gasteiger partial charge >= 0.3 is 11.9 Å². The number of rotatable bonds is 3. The molecule has 0 N–H and O–H groups in total. The summed E-state index contributed by atoms with van der Waals surface area (Å²) in [6.45, 7) is 5.64. The molecule has 0 aliphatic carbocycles. The van der Waals surface area contributed by atoms with Gasteiger partial charge in [0, 0.05) is 13.5 Å². The van der Waals surface area contributed by atoms with Crippen molar-refractivity contribution in [3.05, 3.63) is 48.0 Å². The first-order valence-electron chi connectivity index (χ1n) is 10.0. The highest BCUT2D eigenvalue weighted by Gasteiger charge is 2.29. The highest BCUT2D eigenvalue weighted by atomic mass is 16.6. The van der Waals surface area contributed by atoms with Gasteiger partial charge in [0.1, 0.15) is 11.7 Å². The highest BCUT2D eigenvalue weighted by molar-refractivity contribution is 5.84. The number of esters is 2. The molecule has 1 aliphatic rings. The Hall–Kier alpha value is -2.63. The summed E-state index contributed by atoms with van der Waals surface area (Å²) >= 11 is 0. The smallest absolute Gasteiger partial charge is 0.307 e. The molecule has 1 heterocycles. The fourth-order valence-corrected chi connectivity index (χ4v) is 3.18. The van der Waals surface area contributed by atoms with E-state index in [0.717, 1.165) is 5.56 Å². The van der Waals surface area contributed by atoms with Gasteiger partial charge in [0.05, 0.1) is 18.9 Å². The summed E-state index contributed by atoms with van der Waals surface area (Å²) in [5.41, 5.74) is 0.233. The summed E-state index contributed by atoms with van der Waals surface area (Å²) in [4.78, 5) is 39.1. The largest absolute Gasteiger partial charge is 0.460 e.